The fourth-order valence-corrected chi connectivity index (χ4v) is 8.05. The number of hydrogen-bond acceptors (Lipinski definition) is 12. The average molecular weight is 939 g/mol. The lowest BCUT2D eigenvalue weighted by atomic mass is 9.85. The molecule has 1 aliphatic carbocycles. The highest BCUT2D eigenvalue weighted by Crippen LogP contribution is 2.47. The van der Waals surface area contributed by atoms with E-state index in [1.54, 1.807) is 0 Å². The molecule has 0 bridgehead atoms. The number of carbonyl (C=O) groups excluding carboxylic acids is 2. The Morgan fingerprint density at radius 2 is 0.877 bits per heavy atom. The largest absolute Gasteiger partial charge is 0.472 e. The summed E-state index contributed by atoms with van der Waals surface area (Å²) in [6, 6.07) is 0. The Hall–Kier alpha value is -2.71. The molecule has 0 heterocycles. The first-order valence-corrected chi connectivity index (χ1v) is 26.2. The van der Waals surface area contributed by atoms with E-state index < -0.39 is 75.7 Å². The number of rotatable bonds is 40. The standard InChI is InChI=1S/C51H87O13P/c1-3-5-7-9-11-13-15-17-18-19-20-21-22-23-24-25-26-28-30-32-34-36-38-40-45(53)63-43(42-62-65(59,60)64-51-49(57)47(55)46(54)48(56)50(51)58)41-61-44(52)39-37-35-33-31-29-27-16-14-12-10-8-6-4-2/h5,7-8,10-11,13-14,16-18,20-21,43,46-51,54-58H,3-4,6,9,12,15,19,22-42H2,1-2H3,(H,59,60)/b7-5-,10-8-,13-11-,16-14-,18-17-,21-20-. The third-order valence-electron chi connectivity index (χ3n) is 11.0. The van der Waals surface area contributed by atoms with Gasteiger partial charge >= 0.3 is 19.8 Å². The highest BCUT2D eigenvalue weighted by atomic mass is 31.2. The lowest BCUT2D eigenvalue weighted by molar-refractivity contribution is -0.220. The minimum Gasteiger partial charge on any atom is -0.462 e. The van der Waals surface area contributed by atoms with Crippen LogP contribution in [0.25, 0.3) is 0 Å². The van der Waals surface area contributed by atoms with E-state index in [0.717, 1.165) is 109 Å². The smallest absolute Gasteiger partial charge is 0.462 e. The number of allylic oxidation sites excluding steroid dienone is 12. The second kappa shape index (κ2) is 40.4. The number of phosphoric acid groups is 1. The zero-order valence-electron chi connectivity index (χ0n) is 39.8. The van der Waals surface area contributed by atoms with Crippen molar-refractivity contribution in [2.75, 3.05) is 13.2 Å². The van der Waals surface area contributed by atoms with Crippen LogP contribution in [-0.2, 0) is 32.7 Å². The molecule has 0 aromatic heterocycles. The highest BCUT2D eigenvalue weighted by molar-refractivity contribution is 7.47. The number of aliphatic hydroxyl groups is 5. The van der Waals surface area contributed by atoms with Crippen LogP contribution in [0.5, 0.6) is 0 Å². The van der Waals surface area contributed by atoms with Crippen LogP contribution in [0.15, 0.2) is 72.9 Å². The molecule has 0 aromatic carbocycles. The van der Waals surface area contributed by atoms with Gasteiger partial charge in [0.1, 0.15) is 43.2 Å². The molecule has 0 aromatic rings. The van der Waals surface area contributed by atoms with Crippen LogP contribution in [0, 0.1) is 0 Å². The van der Waals surface area contributed by atoms with Gasteiger partial charge in [0.05, 0.1) is 6.61 Å². The first-order chi connectivity index (χ1) is 31.4. The second-order valence-electron chi connectivity index (χ2n) is 16.9. The molecule has 0 spiro atoms. The summed E-state index contributed by atoms with van der Waals surface area (Å²) in [5.74, 6) is -1.12. The van der Waals surface area contributed by atoms with Crippen molar-refractivity contribution in [2.24, 2.45) is 0 Å². The molecule has 6 atom stereocenters. The van der Waals surface area contributed by atoms with Gasteiger partial charge in [-0.25, -0.2) is 4.57 Å². The molecule has 14 heteroatoms. The Morgan fingerprint density at radius 1 is 0.492 bits per heavy atom. The van der Waals surface area contributed by atoms with Crippen molar-refractivity contribution in [1.82, 2.24) is 0 Å². The Morgan fingerprint density at radius 3 is 1.34 bits per heavy atom. The summed E-state index contributed by atoms with van der Waals surface area (Å²) in [6.07, 6.45) is 38.1. The maximum absolute atomic E-state index is 12.8. The first kappa shape index (κ1) is 60.3. The van der Waals surface area contributed by atoms with Gasteiger partial charge in [0, 0.05) is 12.8 Å². The minimum absolute atomic E-state index is 0.0847. The minimum atomic E-state index is -5.13. The predicted molar refractivity (Wildman–Crippen MR) is 258 cm³/mol. The van der Waals surface area contributed by atoms with Crippen molar-refractivity contribution >= 4 is 19.8 Å². The molecule has 1 fully saturated rings. The molecule has 13 nitrogen and oxygen atoms in total. The van der Waals surface area contributed by atoms with Gasteiger partial charge in [0.15, 0.2) is 6.10 Å². The number of unbranched alkanes of at least 4 members (excludes halogenated alkanes) is 16. The Balaban J connectivity index is 2.40. The van der Waals surface area contributed by atoms with Gasteiger partial charge in [-0.05, 0) is 77.0 Å². The maximum atomic E-state index is 12.8. The van der Waals surface area contributed by atoms with Crippen LogP contribution < -0.4 is 0 Å². The van der Waals surface area contributed by atoms with E-state index in [2.05, 4.69) is 86.8 Å². The molecule has 1 rings (SSSR count). The number of hydrogen-bond donors (Lipinski definition) is 6. The molecule has 1 saturated carbocycles. The van der Waals surface area contributed by atoms with Crippen molar-refractivity contribution in [3.05, 3.63) is 72.9 Å². The van der Waals surface area contributed by atoms with Crippen LogP contribution in [0.1, 0.15) is 181 Å². The lowest BCUT2D eigenvalue weighted by Crippen LogP contribution is -2.64. The van der Waals surface area contributed by atoms with E-state index in [1.165, 1.54) is 32.1 Å². The van der Waals surface area contributed by atoms with E-state index in [9.17, 15) is 44.6 Å². The summed E-state index contributed by atoms with van der Waals surface area (Å²) < 4.78 is 33.6. The molecule has 6 N–H and O–H groups in total. The number of ether oxygens (including phenoxy) is 2. The summed E-state index contributed by atoms with van der Waals surface area (Å²) in [6.45, 7) is 3.11. The van der Waals surface area contributed by atoms with E-state index in [1.807, 2.05) is 0 Å². The number of carbonyl (C=O) groups is 2. The number of esters is 2. The third kappa shape index (κ3) is 32.6. The van der Waals surface area contributed by atoms with Crippen LogP contribution in [0.4, 0.5) is 0 Å². The SMILES string of the molecule is CC/C=C\C/C=C\C/C=C\C/C=C\CCCCCCCCCCCCC(=O)OC(COC(=O)CCCCCCC/C=C\C/C=C\CCC)COP(=O)(O)OC1C(O)C(O)C(O)C(O)C1O. The van der Waals surface area contributed by atoms with Crippen molar-refractivity contribution in [1.29, 1.82) is 0 Å². The molecule has 6 unspecified atom stereocenters. The summed E-state index contributed by atoms with van der Waals surface area (Å²) in [4.78, 5) is 35.8. The van der Waals surface area contributed by atoms with Crippen LogP contribution in [-0.4, -0.2) is 98.3 Å². The van der Waals surface area contributed by atoms with E-state index >= 15 is 0 Å². The van der Waals surface area contributed by atoms with Crippen molar-refractivity contribution in [2.45, 2.75) is 224 Å². The topological polar surface area (TPSA) is 210 Å². The maximum Gasteiger partial charge on any atom is 0.472 e. The second-order valence-corrected chi connectivity index (χ2v) is 18.3. The third-order valence-corrected chi connectivity index (χ3v) is 12.0. The van der Waals surface area contributed by atoms with Gasteiger partial charge in [-0.2, -0.15) is 0 Å². The fraction of sp³-hybridized carbons (Fsp3) is 0.725. The molecule has 65 heavy (non-hydrogen) atoms. The summed E-state index contributed by atoms with van der Waals surface area (Å²) in [5.41, 5.74) is 0. The summed E-state index contributed by atoms with van der Waals surface area (Å²) in [5, 5.41) is 50.2. The first-order valence-electron chi connectivity index (χ1n) is 24.7. The van der Waals surface area contributed by atoms with Gasteiger partial charge in [0.2, 0.25) is 0 Å². The summed E-state index contributed by atoms with van der Waals surface area (Å²) in [7, 11) is -5.13. The molecule has 0 radical (unpaired) electrons. The molecule has 0 aliphatic heterocycles. The Bertz CT molecular complexity index is 1410. The van der Waals surface area contributed by atoms with Gasteiger partial charge < -0.3 is 39.9 Å². The zero-order chi connectivity index (χ0) is 47.8. The van der Waals surface area contributed by atoms with Gasteiger partial charge in [-0.1, -0.05) is 164 Å². The van der Waals surface area contributed by atoms with E-state index in [4.69, 9.17) is 18.5 Å². The van der Waals surface area contributed by atoms with E-state index in [0.29, 0.717) is 12.8 Å². The molecule has 374 valence electrons. The van der Waals surface area contributed by atoms with Crippen LogP contribution in [0.3, 0.4) is 0 Å². The van der Waals surface area contributed by atoms with E-state index in [-0.39, 0.29) is 12.8 Å². The molecular formula is C51H87O13P. The molecule has 1 aliphatic rings. The van der Waals surface area contributed by atoms with Crippen LogP contribution in [0.2, 0.25) is 0 Å². The Labute approximate surface area is 391 Å². The van der Waals surface area contributed by atoms with Crippen molar-refractivity contribution in [3.8, 4) is 0 Å². The lowest BCUT2D eigenvalue weighted by Gasteiger charge is -2.41. The Kier molecular flexibility index (Phi) is 37.5. The monoisotopic (exact) mass is 939 g/mol. The van der Waals surface area contributed by atoms with Gasteiger partial charge in [-0.3, -0.25) is 18.6 Å². The zero-order valence-corrected chi connectivity index (χ0v) is 40.7. The van der Waals surface area contributed by atoms with Crippen molar-refractivity contribution < 1.29 is 63.1 Å². The average Bonchev–Trinajstić information content (AvgIpc) is 3.29. The molecular weight excluding hydrogens is 852 g/mol. The van der Waals surface area contributed by atoms with Gasteiger partial charge in [0.25, 0.3) is 0 Å². The predicted octanol–water partition coefficient (Wildman–Crippen LogP) is 10.3. The van der Waals surface area contributed by atoms with Gasteiger partial charge in [-0.15, -0.1) is 0 Å². The number of phosphoric ester groups is 1. The molecule has 0 saturated heterocycles. The normalized spacial score (nSPS) is 22.0. The highest BCUT2D eigenvalue weighted by Gasteiger charge is 2.51. The fourth-order valence-electron chi connectivity index (χ4n) is 7.08. The molecule has 0 amide bonds. The number of aliphatic hydroxyl groups excluding tert-OH is 5. The van der Waals surface area contributed by atoms with Crippen molar-refractivity contribution in [3.63, 3.8) is 0 Å². The summed E-state index contributed by atoms with van der Waals surface area (Å²) >= 11 is 0. The quantitative estimate of drug-likeness (QED) is 0.0146. The van der Waals surface area contributed by atoms with Crippen LogP contribution >= 0.6 is 7.82 Å².